The van der Waals surface area contributed by atoms with Crippen LogP contribution in [0.2, 0.25) is 0 Å². The van der Waals surface area contributed by atoms with Crippen LogP contribution < -0.4 is 9.47 Å². The van der Waals surface area contributed by atoms with Gasteiger partial charge >= 0.3 is 29.8 Å². The highest BCUT2D eigenvalue weighted by Gasteiger charge is 2.72. The third-order valence-corrected chi connectivity index (χ3v) is 9.29. The summed E-state index contributed by atoms with van der Waals surface area (Å²) in [5, 5.41) is 12.4. The molecule has 0 radical (unpaired) electrons. The second kappa shape index (κ2) is 12.8. The fourth-order valence-electron chi connectivity index (χ4n) is 7.23. The van der Waals surface area contributed by atoms with Gasteiger partial charge in [-0.25, -0.2) is 14.4 Å². The topological polar surface area (TPSA) is 173 Å². The summed E-state index contributed by atoms with van der Waals surface area (Å²) in [6.07, 6.45) is -3.59. The number of likely N-dealkylation sites (tertiary alicyclic amines) is 1. The highest BCUT2D eigenvalue weighted by Crippen LogP contribution is 2.65. The van der Waals surface area contributed by atoms with E-state index in [9.17, 15) is 29.1 Å². The van der Waals surface area contributed by atoms with Gasteiger partial charge in [-0.1, -0.05) is 19.9 Å². The molecule has 14 nitrogen and oxygen atoms in total. The molecule has 7 atom stereocenters. The molecule has 5 rings (SSSR count). The van der Waals surface area contributed by atoms with E-state index in [2.05, 4.69) is 4.90 Å². The molecule has 14 heteroatoms. The molecule has 0 saturated carbocycles. The second-order valence-corrected chi connectivity index (χ2v) is 12.9. The van der Waals surface area contributed by atoms with Gasteiger partial charge in [0.15, 0.2) is 23.7 Å². The number of rotatable bonds is 11. The Labute approximate surface area is 272 Å². The van der Waals surface area contributed by atoms with Gasteiger partial charge < -0.3 is 43.2 Å². The average Bonchev–Trinajstić information content (AvgIpc) is 3.36. The molecule has 0 amide bonds. The van der Waals surface area contributed by atoms with Crippen molar-refractivity contribution < 1.29 is 62.2 Å². The van der Waals surface area contributed by atoms with Crippen LogP contribution in [0, 0.1) is 5.92 Å². The molecular formula is C33H41NO13. The Kier molecular flexibility index (Phi) is 9.30. The van der Waals surface area contributed by atoms with Gasteiger partial charge in [0.25, 0.3) is 0 Å². The van der Waals surface area contributed by atoms with E-state index in [1.165, 1.54) is 14.0 Å². The van der Waals surface area contributed by atoms with Crippen molar-refractivity contribution in [1.82, 2.24) is 4.90 Å². The zero-order chi connectivity index (χ0) is 34.4. The molecule has 47 heavy (non-hydrogen) atoms. The Balaban J connectivity index is 1.38. The number of methoxy groups -OCH3 is 1. The molecule has 2 heterocycles. The predicted molar refractivity (Wildman–Crippen MR) is 160 cm³/mol. The number of benzene rings is 1. The molecule has 1 aromatic carbocycles. The fraction of sp³-hybridized carbons (Fsp3) is 0.606. The molecule has 4 aliphatic rings. The minimum absolute atomic E-state index is 0.0651. The average molecular weight is 660 g/mol. The highest BCUT2D eigenvalue weighted by molar-refractivity contribution is 5.90. The number of piperidine rings is 1. The molecule has 1 aromatic rings. The van der Waals surface area contributed by atoms with Crippen LogP contribution in [0.4, 0.5) is 0 Å². The van der Waals surface area contributed by atoms with Crippen molar-refractivity contribution in [2.75, 3.05) is 27.3 Å². The first kappa shape index (κ1) is 34.2. The lowest BCUT2D eigenvalue weighted by atomic mass is 9.50. The van der Waals surface area contributed by atoms with Crippen LogP contribution in [0.3, 0.4) is 0 Å². The first-order valence-corrected chi connectivity index (χ1v) is 15.6. The Morgan fingerprint density at radius 3 is 2.28 bits per heavy atom. The summed E-state index contributed by atoms with van der Waals surface area (Å²) in [5.41, 5.74) is -0.291. The monoisotopic (exact) mass is 659 g/mol. The number of carbonyl (C=O) groups excluding carboxylic acids is 5. The van der Waals surface area contributed by atoms with E-state index in [1.54, 1.807) is 19.9 Å². The maximum absolute atomic E-state index is 13.4. The van der Waals surface area contributed by atoms with Crippen molar-refractivity contribution in [2.45, 2.75) is 95.4 Å². The Bertz CT molecular complexity index is 1500. The predicted octanol–water partition coefficient (Wildman–Crippen LogP) is 1.51. The lowest BCUT2D eigenvalue weighted by Crippen LogP contribution is -2.74. The second-order valence-electron chi connectivity index (χ2n) is 12.9. The van der Waals surface area contributed by atoms with Gasteiger partial charge in [0.1, 0.15) is 5.76 Å². The van der Waals surface area contributed by atoms with Gasteiger partial charge in [-0.15, -0.1) is 0 Å². The zero-order valence-corrected chi connectivity index (χ0v) is 27.5. The van der Waals surface area contributed by atoms with E-state index >= 15 is 0 Å². The molecular weight excluding hydrogens is 618 g/mol. The molecule has 2 aliphatic carbocycles. The number of likely N-dealkylation sites (N-methyl/N-ethyl adjacent to an activating group) is 1. The van der Waals surface area contributed by atoms with Crippen LogP contribution in [-0.2, 0) is 59.5 Å². The summed E-state index contributed by atoms with van der Waals surface area (Å²) >= 11 is 0. The largest absolute Gasteiger partial charge is 0.493 e. The van der Waals surface area contributed by atoms with E-state index in [-0.39, 0.29) is 30.7 Å². The highest BCUT2D eigenvalue weighted by atomic mass is 16.7. The third kappa shape index (κ3) is 5.81. The van der Waals surface area contributed by atoms with E-state index in [0.29, 0.717) is 30.9 Å². The lowest BCUT2D eigenvalue weighted by Gasteiger charge is -2.61. The molecule has 2 aliphatic heterocycles. The summed E-state index contributed by atoms with van der Waals surface area (Å²) in [6.45, 7) is 7.35. The number of hydrogen-bond donors (Lipinski definition) is 1. The van der Waals surface area contributed by atoms with Crippen molar-refractivity contribution in [3.63, 3.8) is 0 Å². The van der Waals surface area contributed by atoms with Gasteiger partial charge in [0, 0.05) is 31.9 Å². The van der Waals surface area contributed by atoms with Crippen LogP contribution in [0.25, 0.3) is 0 Å². The summed E-state index contributed by atoms with van der Waals surface area (Å²) in [6, 6.07) is 3.59. The number of nitrogens with zero attached hydrogens (tertiary/aromatic N) is 1. The lowest BCUT2D eigenvalue weighted by molar-refractivity contribution is -0.195. The van der Waals surface area contributed by atoms with Gasteiger partial charge in [-0.3, -0.25) is 9.59 Å². The van der Waals surface area contributed by atoms with Gasteiger partial charge in [-0.2, -0.15) is 0 Å². The van der Waals surface area contributed by atoms with Crippen LogP contribution in [0.1, 0.15) is 58.6 Å². The van der Waals surface area contributed by atoms with Crippen molar-refractivity contribution in [3.05, 3.63) is 35.1 Å². The van der Waals surface area contributed by atoms with Crippen molar-refractivity contribution >= 4 is 29.8 Å². The zero-order valence-electron chi connectivity index (χ0n) is 27.5. The molecule has 0 unspecified atom stereocenters. The van der Waals surface area contributed by atoms with Crippen LogP contribution in [0.15, 0.2) is 24.0 Å². The molecule has 2 bridgehead atoms. The molecule has 0 aromatic heterocycles. The van der Waals surface area contributed by atoms with E-state index in [4.69, 9.17) is 33.2 Å². The van der Waals surface area contributed by atoms with Gasteiger partial charge in [0.2, 0.25) is 12.2 Å². The van der Waals surface area contributed by atoms with Crippen LogP contribution >= 0.6 is 0 Å². The summed E-state index contributed by atoms with van der Waals surface area (Å²) in [4.78, 5) is 65.3. The van der Waals surface area contributed by atoms with Gasteiger partial charge in [0.05, 0.1) is 24.7 Å². The van der Waals surface area contributed by atoms with Crippen LogP contribution in [0.5, 0.6) is 11.5 Å². The molecule has 256 valence electrons. The molecule has 1 saturated heterocycles. The Hall–Kier alpha value is -4.17. The van der Waals surface area contributed by atoms with Crippen molar-refractivity contribution in [2.24, 2.45) is 5.92 Å². The maximum atomic E-state index is 13.4. The quantitative estimate of drug-likeness (QED) is 0.267. The fourth-order valence-corrected chi connectivity index (χ4v) is 7.23. The van der Waals surface area contributed by atoms with Gasteiger partial charge in [-0.05, 0) is 57.0 Å². The number of hydrogen-bond acceptors (Lipinski definition) is 14. The summed E-state index contributed by atoms with van der Waals surface area (Å²) < 4.78 is 38.3. The summed E-state index contributed by atoms with van der Waals surface area (Å²) in [7, 11) is 3.50. The van der Waals surface area contributed by atoms with E-state index in [1.807, 2.05) is 19.2 Å². The molecule has 1 spiro atoms. The first-order valence-electron chi connectivity index (χ1n) is 15.6. The molecule has 1 N–H and O–H groups in total. The third-order valence-electron chi connectivity index (χ3n) is 9.29. The number of carbonyl (C=O) groups is 5. The van der Waals surface area contributed by atoms with Crippen molar-refractivity contribution in [1.29, 1.82) is 0 Å². The standard InChI is InChI=1S/C33H41NO13/c1-16(2)15-42-30(38)26(44-18(4)35)27(45-19(5)36)31(39)43-17(3)29(37)46-22-10-11-33(40)23-14-20-8-9-21(41-7)25-24(20)32(33,28(22)47-25)12-13-34(23)6/h8-10,16-17,23,26-28,40H,11-15H2,1-7H3/t17-,23+,26+,27+,28-,32-,33+/m0/s1. The minimum Gasteiger partial charge on any atom is -0.493 e. The Morgan fingerprint density at radius 1 is 1.00 bits per heavy atom. The smallest absolute Gasteiger partial charge is 0.352 e. The number of aliphatic hydroxyl groups is 1. The Morgan fingerprint density at radius 2 is 1.66 bits per heavy atom. The van der Waals surface area contributed by atoms with E-state index < -0.39 is 65.3 Å². The van der Waals surface area contributed by atoms with Crippen molar-refractivity contribution in [3.8, 4) is 11.5 Å². The summed E-state index contributed by atoms with van der Waals surface area (Å²) in [5.74, 6) is -4.37. The van der Waals surface area contributed by atoms with E-state index in [0.717, 1.165) is 25.0 Å². The normalized spacial score (nSPS) is 27.2. The van der Waals surface area contributed by atoms with Crippen LogP contribution in [-0.4, -0.2) is 103 Å². The SMILES string of the molecule is COc1ccc2c3c1O[C@H]1C(OC(=O)[C@H](C)OC(=O)[C@H](OC(C)=O)[C@@H](OC(C)=O)C(=O)OCC(C)C)=CC[C@@]4(O)[C@@H](C2)N(C)CC[C@]314. The minimum atomic E-state index is -2.06. The first-order chi connectivity index (χ1) is 22.1. The maximum Gasteiger partial charge on any atom is 0.352 e. The number of ether oxygens (including phenoxy) is 7. The number of esters is 5. The molecule has 1 fully saturated rings.